The van der Waals surface area contributed by atoms with Crippen molar-refractivity contribution in [1.29, 1.82) is 0 Å². The third kappa shape index (κ3) is 5.65. The first-order chi connectivity index (χ1) is 17.6. The fraction of sp³-hybridized carbons (Fsp3) is 0.0455. The minimum atomic E-state index is -5.33. The maximum atomic E-state index is 12.1. The lowest BCUT2D eigenvalue weighted by atomic mass is 9.90. The Bertz CT molecular complexity index is 1930. The molecule has 17 heteroatoms. The van der Waals surface area contributed by atoms with Gasteiger partial charge in [0.15, 0.2) is 16.2 Å². The van der Waals surface area contributed by atoms with Crippen LogP contribution in [0, 0.1) is 0 Å². The molecule has 1 aliphatic carbocycles. The molecule has 0 fully saturated rings. The summed E-state index contributed by atoms with van der Waals surface area (Å²) in [6, 6.07) is 6.98. The monoisotopic (exact) mass is 617 g/mol. The molecule has 0 bridgehead atoms. The maximum absolute atomic E-state index is 12.1. The fourth-order valence-corrected chi connectivity index (χ4v) is 5.75. The van der Waals surface area contributed by atoms with Crippen molar-refractivity contribution in [3.05, 3.63) is 57.4 Å². The van der Waals surface area contributed by atoms with Crippen molar-refractivity contribution in [3.63, 3.8) is 0 Å². The molecule has 13 nitrogen and oxygen atoms in total. The maximum Gasteiger partial charge on any atom is 0.373 e. The topological polar surface area (TPSA) is 251 Å². The first-order valence-electron chi connectivity index (χ1n) is 9.59. The molecular formula is C22H15Cl2N2O11S2-. The van der Waals surface area contributed by atoms with Crippen LogP contribution < -0.4 is 16.5 Å². The summed E-state index contributed by atoms with van der Waals surface area (Å²) in [6.07, 6.45) is 0.250. The Hall–Kier alpha value is -3.82. The second-order valence-electron chi connectivity index (χ2n) is 7.27. The fourth-order valence-electron chi connectivity index (χ4n) is 3.79. The number of rotatable bonds is 4. The van der Waals surface area contributed by atoms with E-state index in [1.807, 2.05) is 0 Å². The van der Waals surface area contributed by atoms with Gasteiger partial charge in [0.1, 0.15) is 25.1 Å². The molecule has 2 aliphatic rings. The zero-order chi connectivity index (χ0) is 28.7. The van der Waals surface area contributed by atoms with Crippen LogP contribution in [-0.4, -0.2) is 43.2 Å². The number of nitrogens with two attached hydrogens (primary N) is 2. The van der Waals surface area contributed by atoms with Crippen LogP contribution in [0.15, 0.2) is 50.6 Å². The lowest BCUT2D eigenvalue weighted by molar-refractivity contribution is -0.191. The zero-order valence-electron chi connectivity index (χ0n) is 18.2. The first-order valence-corrected chi connectivity index (χ1v) is 13.2. The standard InChI is InChI=1S/C20H12Cl2N2O9S2.CO2.CH4/c21-9-3-4-10(22)15(20(25)26)14(9)13-7-1-5-11(23)18(34(27,28)29)16(7)33-17-8(13)2-6-12(24)19(17)35(30,31)32;2-1-3;/h1-6,23H,24H2,(H,25,26)(H,27,28,29)(H,30,31,32);;1H4/p-1. The van der Waals surface area contributed by atoms with Crippen molar-refractivity contribution in [3.8, 4) is 22.5 Å². The molecule has 0 unspecified atom stereocenters. The molecule has 0 radical (unpaired) electrons. The van der Waals surface area contributed by atoms with E-state index in [2.05, 4.69) is 0 Å². The Labute approximate surface area is 229 Å². The first kappa shape index (κ1) is 31.4. The lowest BCUT2D eigenvalue weighted by Gasteiger charge is -2.22. The average molecular weight is 618 g/mol. The number of carbonyl (C=O) groups is 1. The lowest BCUT2D eigenvalue weighted by Crippen LogP contribution is -2.47. The van der Waals surface area contributed by atoms with Crippen LogP contribution >= 0.6 is 23.2 Å². The SMILES string of the molecule is C.Nc1ccc2c(-c3c(Cl)ccc(Cl)c3C(=O)O)c3ccc(=[NH2+])c(S(=O)(=O)[O-])c-3oc2c1S(=O)(=O)[O-].O=C=O. The number of hydrogen-bond donors (Lipinski definition) is 3. The van der Waals surface area contributed by atoms with E-state index in [4.69, 9.17) is 48.4 Å². The smallest absolute Gasteiger partial charge is 0.373 e. The highest BCUT2D eigenvalue weighted by molar-refractivity contribution is 7.86. The number of anilines is 1. The molecule has 206 valence electrons. The number of benzene rings is 3. The van der Waals surface area contributed by atoms with Gasteiger partial charge in [0, 0.05) is 33.2 Å². The van der Waals surface area contributed by atoms with Gasteiger partial charge in [0.2, 0.25) is 5.36 Å². The summed E-state index contributed by atoms with van der Waals surface area (Å²) in [5.41, 5.74) is 3.24. The van der Waals surface area contributed by atoms with Gasteiger partial charge in [0.25, 0.3) is 0 Å². The highest BCUT2D eigenvalue weighted by Gasteiger charge is 2.31. The van der Waals surface area contributed by atoms with Gasteiger partial charge < -0.3 is 24.4 Å². The van der Waals surface area contributed by atoms with Gasteiger partial charge in [-0.1, -0.05) is 30.6 Å². The molecule has 0 saturated carbocycles. The van der Waals surface area contributed by atoms with Gasteiger partial charge in [-0.2, -0.15) is 9.59 Å². The summed E-state index contributed by atoms with van der Waals surface area (Å²) in [5.74, 6) is -2.28. The molecule has 39 heavy (non-hydrogen) atoms. The summed E-state index contributed by atoms with van der Waals surface area (Å²) in [7, 11) is -10.7. The second-order valence-corrected chi connectivity index (χ2v) is 10.7. The van der Waals surface area contributed by atoms with Crippen LogP contribution in [0.3, 0.4) is 0 Å². The van der Waals surface area contributed by atoms with Gasteiger partial charge in [-0.15, -0.1) is 0 Å². The third-order valence-corrected chi connectivity index (χ3v) is 7.57. The second kappa shape index (κ2) is 11.1. The molecule has 0 spiro atoms. The average Bonchev–Trinajstić information content (AvgIpc) is 2.77. The predicted octanol–water partition coefficient (Wildman–Crippen LogP) is 1.31. The minimum absolute atomic E-state index is 0. The van der Waals surface area contributed by atoms with E-state index >= 15 is 0 Å². The summed E-state index contributed by atoms with van der Waals surface area (Å²) in [4.78, 5) is 26.2. The Morgan fingerprint density at radius 2 is 1.46 bits per heavy atom. The number of hydrogen-bond acceptors (Lipinski definition) is 11. The van der Waals surface area contributed by atoms with Crippen LogP contribution in [0.5, 0.6) is 0 Å². The molecule has 1 heterocycles. The van der Waals surface area contributed by atoms with Crippen molar-refractivity contribution >= 4 is 72.2 Å². The van der Waals surface area contributed by atoms with Crippen LogP contribution in [0.2, 0.25) is 10.0 Å². The molecule has 0 atom stereocenters. The Morgan fingerprint density at radius 3 is 1.97 bits per heavy atom. The van der Waals surface area contributed by atoms with Crippen LogP contribution in [0.4, 0.5) is 5.69 Å². The zero-order valence-corrected chi connectivity index (χ0v) is 21.4. The molecule has 2 aromatic rings. The van der Waals surface area contributed by atoms with Crippen molar-refractivity contribution in [1.82, 2.24) is 0 Å². The Balaban J connectivity index is 0.00000127. The molecule has 0 amide bonds. The summed E-state index contributed by atoms with van der Waals surface area (Å²) in [6.45, 7) is 0. The van der Waals surface area contributed by atoms with Crippen molar-refractivity contribution < 1.29 is 55.3 Å². The van der Waals surface area contributed by atoms with E-state index in [9.17, 15) is 35.8 Å². The van der Waals surface area contributed by atoms with E-state index in [1.54, 1.807) is 0 Å². The molecule has 2 aromatic carbocycles. The van der Waals surface area contributed by atoms with E-state index < -0.39 is 63.9 Å². The number of carbonyl (C=O) groups excluding carboxylic acids is 2. The van der Waals surface area contributed by atoms with Crippen molar-refractivity contribution in [2.45, 2.75) is 17.2 Å². The van der Waals surface area contributed by atoms with Gasteiger partial charge in [-0.25, -0.2) is 21.6 Å². The van der Waals surface area contributed by atoms with Gasteiger partial charge in [-0.05, 0) is 30.3 Å². The molecule has 4 rings (SSSR count). The normalized spacial score (nSPS) is 11.3. The summed E-state index contributed by atoms with van der Waals surface area (Å²) >= 11 is 12.5. The summed E-state index contributed by atoms with van der Waals surface area (Å²) < 4.78 is 77.8. The Kier molecular flexibility index (Phi) is 8.95. The molecular weight excluding hydrogens is 603 g/mol. The van der Waals surface area contributed by atoms with Crippen molar-refractivity contribution in [2.24, 2.45) is 0 Å². The van der Waals surface area contributed by atoms with E-state index in [0.717, 1.165) is 12.1 Å². The molecule has 5 N–H and O–H groups in total. The predicted molar refractivity (Wildman–Crippen MR) is 132 cm³/mol. The number of aromatic carboxylic acids is 1. The number of carboxylic acid groups (broad SMARTS) is 1. The van der Waals surface area contributed by atoms with Gasteiger partial charge >= 0.3 is 12.1 Å². The molecule has 0 aromatic heterocycles. The number of carboxylic acids is 1. The van der Waals surface area contributed by atoms with Gasteiger partial charge in [0.05, 0.1) is 16.3 Å². The van der Waals surface area contributed by atoms with E-state index in [0.29, 0.717) is 0 Å². The number of halogens is 2. The largest absolute Gasteiger partial charge is 0.744 e. The van der Waals surface area contributed by atoms with Crippen LogP contribution in [0.1, 0.15) is 17.8 Å². The van der Waals surface area contributed by atoms with E-state index in [1.165, 1.54) is 24.3 Å². The van der Waals surface area contributed by atoms with Crippen LogP contribution in [-0.2, 0) is 29.8 Å². The Morgan fingerprint density at radius 1 is 0.923 bits per heavy atom. The highest BCUT2D eigenvalue weighted by Crippen LogP contribution is 2.48. The summed E-state index contributed by atoms with van der Waals surface area (Å²) in [5, 5.41) is 14.4. The quantitative estimate of drug-likeness (QED) is 0.166. The van der Waals surface area contributed by atoms with Crippen LogP contribution in [0.25, 0.3) is 33.4 Å². The van der Waals surface area contributed by atoms with Gasteiger partial charge in [-0.3, -0.25) is 5.41 Å². The third-order valence-electron chi connectivity index (χ3n) is 5.10. The number of nitrogen functional groups attached to an aromatic ring is 1. The van der Waals surface area contributed by atoms with E-state index in [-0.39, 0.29) is 45.7 Å². The molecule has 1 aliphatic heterocycles. The number of fused-ring (bicyclic) bond motifs is 2. The molecule has 0 saturated heterocycles. The minimum Gasteiger partial charge on any atom is -0.744 e. The van der Waals surface area contributed by atoms with Crippen molar-refractivity contribution in [2.75, 3.05) is 5.73 Å². The highest BCUT2D eigenvalue weighted by atomic mass is 35.5.